The van der Waals surface area contributed by atoms with Crippen molar-refractivity contribution in [3.05, 3.63) is 66.2 Å². The van der Waals surface area contributed by atoms with Gasteiger partial charge in [-0.2, -0.15) is 0 Å². The molecule has 1 aromatic heterocycles. The molecule has 3 heteroatoms. The molecule has 0 bridgehead atoms. The molecule has 20 heavy (non-hydrogen) atoms. The van der Waals surface area contributed by atoms with E-state index in [1.165, 1.54) is 19.1 Å². The van der Waals surface area contributed by atoms with Gasteiger partial charge in [-0.3, -0.25) is 9.78 Å². The number of pyridine rings is 1. The maximum absolute atomic E-state index is 14.1. The highest BCUT2D eigenvalue weighted by atomic mass is 19.1. The molecule has 0 aliphatic heterocycles. The first-order valence-electron chi connectivity index (χ1n) is 6.30. The van der Waals surface area contributed by atoms with E-state index in [0.29, 0.717) is 11.1 Å². The Balaban J connectivity index is 2.30. The number of aromatic nitrogens is 1. The highest BCUT2D eigenvalue weighted by Gasteiger charge is 2.11. The highest BCUT2D eigenvalue weighted by molar-refractivity contribution is 5.99. The van der Waals surface area contributed by atoms with Crippen molar-refractivity contribution in [2.24, 2.45) is 0 Å². The minimum absolute atomic E-state index is 0.0791. The first-order chi connectivity index (χ1) is 9.66. The Kier molecular flexibility index (Phi) is 3.03. The van der Waals surface area contributed by atoms with Crippen molar-refractivity contribution < 1.29 is 9.18 Å². The van der Waals surface area contributed by atoms with Crippen LogP contribution in [-0.4, -0.2) is 10.8 Å². The molecule has 2 nitrogen and oxygen atoms in total. The van der Waals surface area contributed by atoms with E-state index in [0.717, 1.165) is 16.3 Å². The molecule has 0 aliphatic rings. The van der Waals surface area contributed by atoms with Gasteiger partial charge in [-0.05, 0) is 42.1 Å². The molecule has 0 spiro atoms. The summed E-state index contributed by atoms with van der Waals surface area (Å²) in [6.45, 7) is 1.47. The molecule has 0 N–H and O–H groups in total. The van der Waals surface area contributed by atoms with Crippen LogP contribution in [0.5, 0.6) is 0 Å². The molecule has 0 saturated heterocycles. The second kappa shape index (κ2) is 4.85. The number of halogens is 1. The first-order valence-corrected chi connectivity index (χ1v) is 6.30. The fourth-order valence-corrected chi connectivity index (χ4v) is 2.30. The molecule has 3 aromatic rings. The van der Waals surface area contributed by atoms with Crippen molar-refractivity contribution >= 4 is 16.6 Å². The molecule has 3 rings (SSSR count). The number of nitrogens with zero attached hydrogens (tertiary/aromatic N) is 1. The lowest BCUT2D eigenvalue weighted by Crippen LogP contribution is -1.95. The van der Waals surface area contributed by atoms with E-state index < -0.39 is 0 Å². The van der Waals surface area contributed by atoms with Crippen LogP contribution < -0.4 is 0 Å². The lowest BCUT2D eigenvalue weighted by atomic mass is 9.97. The Hall–Kier alpha value is -2.55. The predicted octanol–water partition coefficient (Wildman–Crippen LogP) is 4.24. The summed E-state index contributed by atoms with van der Waals surface area (Å²) in [5, 5.41) is 1.86. The minimum Gasteiger partial charge on any atom is -0.295 e. The third kappa shape index (κ3) is 2.07. The van der Waals surface area contributed by atoms with E-state index in [-0.39, 0.29) is 11.6 Å². The van der Waals surface area contributed by atoms with E-state index in [1.807, 2.05) is 24.3 Å². The van der Waals surface area contributed by atoms with Gasteiger partial charge in [0.1, 0.15) is 5.82 Å². The zero-order chi connectivity index (χ0) is 14.1. The standard InChI is InChI=1S/C17H12FNO/c1-11(20)13-5-6-17(18)15(9-13)14-4-2-3-12-7-8-19-10-16(12)14/h2-10H,1H3. The topological polar surface area (TPSA) is 30.0 Å². The van der Waals surface area contributed by atoms with Crippen molar-refractivity contribution in [1.29, 1.82) is 0 Å². The van der Waals surface area contributed by atoms with Gasteiger partial charge in [-0.25, -0.2) is 4.39 Å². The lowest BCUT2D eigenvalue weighted by molar-refractivity contribution is 0.101. The van der Waals surface area contributed by atoms with Gasteiger partial charge in [-0.15, -0.1) is 0 Å². The molecular weight excluding hydrogens is 253 g/mol. The Morgan fingerprint density at radius 1 is 1.10 bits per heavy atom. The van der Waals surface area contributed by atoms with Crippen LogP contribution in [0.4, 0.5) is 4.39 Å². The summed E-state index contributed by atoms with van der Waals surface area (Å²) in [4.78, 5) is 15.6. The third-order valence-electron chi connectivity index (χ3n) is 3.35. The van der Waals surface area contributed by atoms with Crippen LogP contribution in [0.25, 0.3) is 21.9 Å². The van der Waals surface area contributed by atoms with E-state index in [2.05, 4.69) is 4.98 Å². The quantitative estimate of drug-likeness (QED) is 0.648. The summed E-state index contributed by atoms with van der Waals surface area (Å²) >= 11 is 0. The maximum atomic E-state index is 14.1. The number of rotatable bonds is 2. The third-order valence-corrected chi connectivity index (χ3v) is 3.35. The molecule has 2 aromatic carbocycles. The van der Waals surface area contributed by atoms with Crippen LogP contribution in [0.2, 0.25) is 0 Å². The Morgan fingerprint density at radius 2 is 1.95 bits per heavy atom. The summed E-state index contributed by atoms with van der Waals surface area (Å²) in [6.07, 6.45) is 3.42. The predicted molar refractivity (Wildman–Crippen MR) is 77.1 cm³/mol. The van der Waals surface area contributed by atoms with Gasteiger partial charge in [-0.1, -0.05) is 18.2 Å². The molecule has 0 atom stereocenters. The van der Waals surface area contributed by atoms with Crippen LogP contribution in [0.3, 0.4) is 0 Å². The number of fused-ring (bicyclic) bond motifs is 1. The first kappa shape index (κ1) is 12.5. The number of benzene rings is 2. The Morgan fingerprint density at radius 3 is 2.75 bits per heavy atom. The van der Waals surface area contributed by atoms with Crippen molar-refractivity contribution in [1.82, 2.24) is 4.98 Å². The van der Waals surface area contributed by atoms with Gasteiger partial charge in [0, 0.05) is 28.9 Å². The van der Waals surface area contributed by atoms with E-state index >= 15 is 0 Å². The largest absolute Gasteiger partial charge is 0.295 e. The van der Waals surface area contributed by atoms with Gasteiger partial charge in [0.2, 0.25) is 0 Å². The molecule has 0 radical (unpaired) electrons. The van der Waals surface area contributed by atoms with Crippen LogP contribution in [0.15, 0.2) is 54.9 Å². The van der Waals surface area contributed by atoms with Gasteiger partial charge in [0.15, 0.2) is 5.78 Å². The van der Waals surface area contributed by atoms with E-state index in [4.69, 9.17) is 0 Å². The number of hydrogen-bond acceptors (Lipinski definition) is 2. The highest BCUT2D eigenvalue weighted by Crippen LogP contribution is 2.30. The number of ketones is 1. The van der Waals surface area contributed by atoms with E-state index in [1.54, 1.807) is 18.5 Å². The van der Waals surface area contributed by atoms with Gasteiger partial charge in [0.05, 0.1) is 0 Å². The molecule has 0 fully saturated rings. The van der Waals surface area contributed by atoms with Crippen LogP contribution in [-0.2, 0) is 0 Å². The molecule has 0 aliphatic carbocycles. The molecule has 0 amide bonds. The SMILES string of the molecule is CC(=O)c1ccc(F)c(-c2cccc3ccncc23)c1. The van der Waals surface area contributed by atoms with Gasteiger partial charge < -0.3 is 0 Å². The summed E-state index contributed by atoms with van der Waals surface area (Å²) in [7, 11) is 0. The average molecular weight is 265 g/mol. The summed E-state index contributed by atoms with van der Waals surface area (Å²) in [6, 6.07) is 12.0. The van der Waals surface area contributed by atoms with Crippen LogP contribution >= 0.6 is 0 Å². The molecule has 1 heterocycles. The van der Waals surface area contributed by atoms with Gasteiger partial charge >= 0.3 is 0 Å². The van der Waals surface area contributed by atoms with Crippen LogP contribution in [0, 0.1) is 5.82 Å². The summed E-state index contributed by atoms with van der Waals surface area (Å²) < 4.78 is 14.1. The molecule has 0 unspecified atom stereocenters. The normalized spacial score (nSPS) is 10.7. The number of Topliss-reactive ketones (excluding diaryl/α,β-unsaturated/α-hetero) is 1. The van der Waals surface area contributed by atoms with Crippen molar-refractivity contribution in [3.8, 4) is 11.1 Å². The zero-order valence-electron chi connectivity index (χ0n) is 10.9. The van der Waals surface area contributed by atoms with Crippen molar-refractivity contribution in [2.75, 3.05) is 0 Å². The van der Waals surface area contributed by atoms with Crippen molar-refractivity contribution in [2.45, 2.75) is 6.92 Å². The maximum Gasteiger partial charge on any atom is 0.159 e. The lowest BCUT2D eigenvalue weighted by Gasteiger charge is -2.09. The van der Waals surface area contributed by atoms with Crippen LogP contribution in [0.1, 0.15) is 17.3 Å². The number of hydrogen-bond donors (Lipinski definition) is 0. The average Bonchev–Trinajstić information content (AvgIpc) is 2.47. The number of carbonyl (C=O) groups excluding carboxylic acids is 1. The van der Waals surface area contributed by atoms with Crippen molar-refractivity contribution in [3.63, 3.8) is 0 Å². The summed E-state index contributed by atoms with van der Waals surface area (Å²) in [5.41, 5.74) is 1.68. The smallest absolute Gasteiger partial charge is 0.159 e. The Bertz CT molecular complexity index is 806. The Labute approximate surface area is 115 Å². The number of carbonyl (C=O) groups is 1. The monoisotopic (exact) mass is 265 g/mol. The minimum atomic E-state index is -0.341. The second-order valence-corrected chi connectivity index (χ2v) is 4.65. The molecular formula is C17H12FNO. The summed E-state index contributed by atoms with van der Waals surface area (Å²) in [5.74, 6) is -0.420. The second-order valence-electron chi connectivity index (χ2n) is 4.65. The molecule has 0 saturated carbocycles. The fraction of sp³-hybridized carbons (Fsp3) is 0.0588. The van der Waals surface area contributed by atoms with Gasteiger partial charge in [0.25, 0.3) is 0 Å². The zero-order valence-corrected chi connectivity index (χ0v) is 10.9. The molecule has 98 valence electrons. The fourth-order valence-electron chi connectivity index (χ4n) is 2.30. The van der Waals surface area contributed by atoms with E-state index in [9.17, 15) is 9.18 Å².